The zero-order chi connectivity index (χ0) is 11.8. The highest BCUT2D eigenvalue weighted by Crippen LogP contribution is 2.03. The van der Waals surface area contributed by atoms with E-state index in [0.717, 1.165) is 18.5 Å². The largest absolute Gasteiger partial charge is 0.355 e. The van der Waals surface area contributed by atoms with E-state index in [0.29, 0.717) is 12.5 Å². The maximum atomic E-state index is 12.6. The minimum Gasteiger partial charge on any atom is -0.355 e. The maximum absolute atomic E-state index is 12.6. The van der Waals surface area contributed by atoms with E-state index in [4.69, 9.17) is 5.84 Å². The summed E-state index contributed by atoms with van der Waals surface area (Å²) in [5.74, 6) is 5.60. The molecule has 5 heteroatoms. The Morgan fingerprint density at radius 3 is 2.62 bits per heavy atom. The molecule has 0 fully saturated rings. The maximum Gasteiger partial charge on any atom is 0.206 e. The molecule has 0 amide bonds. The molecule has 0 aliphatic rings. The molecular formula is C11H17FN4. The molecule has 0 saturated carbocycles. The van der Waals surface area contributed by atoms with Gasteiger partial charge >= 0.3 is 0 Å². The van der Waals surface area contributed by atoms with Crippen molar-refractivity contribution in [1.82, 2.24) is 10.7 Å². The van der Waals surface area contributed by atoms with Gasteiger partial charge in [-0.3, -0.25) is 5.43 Å². The van der Waals surface area contributed by atoms with E-state index in [2.05, 4.69) is 22.7 Å². The molecule has 0 aliphatic carbocycles. The number of benzene rings is 1. The van der Waals surface area contributed by atoms with Crippen LogP contribution in [0.2, 0.25) is 0 Å². The molecule has 0 heterocycles. The number of hydrazine groups is 1. The van der Waals surface area contributed by atoms with Crippen molar-refractivity contribution in [2.45, 2.75) is 19.9 Å². The van der Waals surface area contributed by atoms with Crippen molar-refractivity contribution in [2.24, 2.45) is 10.8 Å². The van der Waals surface area contributed by atoms with Crippen LogP contribution in [0.15, 0.2) is 29.3 Å². The summed E-state index contributed by atoms with van der Waals surface area (Å²) in [5, 5.41) is 3.04. The average Bonchev–Trinajstić information content (AvgIpc) is 2.32. The second-order valence-electron chi connectivity index (χ2n) is 3.36. The molecule has 0 spiro atoms. The first kappa shape index (κ1) is 12.4. The van der Waals surface area contributed by atoms with Crippen LogP contribution in [0.25, 0.3) is 0 Å². The fraction of sp³-hybridized carbons (Fsp3) is 0.364. The van der Waals surface area contributed by atoms with Crippen molar-refractivity contribution in [3.8, 4) is 0 Å². The molecule has 0 unspecified atom stereocenters. The lowest BCUT2D eigenvalue weighted by atomic mass is 10.2. The van der Waals surface area contributed by atoms with E-state index < -0.39 is 0 Å². The third-order valence-corrected chi connectivity index (χ3v) is 2.01. The fourth-order valence-electron chi connectivity index (χ4n) is 1.16. The van der Waals surface area contributed by atoms with Crippen LogP contribution >= 0.6 is 0 Å². The van der Waals surface area contributed by atoms with Gasteiger partial charge in [0.1, 0.15) is 5.82 Å². The van der Waals surface area contributed by atoms with Crippen molar-refractivity contribution >= 4 is 5.96 Å². The van der Waals surface area contributed by atoms with Gasteiger partial charge in [-0.15, -0.1) is 0 Å². The SMILES string of the molecule is CCCNC(=NCc1ccc(F)cc1)NN. The molecule has 16 heavy (non-hydrogen) atoms. The van der Waals surface area contributed by atoms with Gasteiger partial charge in [0.2, 0.25) is 5.96 Å². The minimum atomic E-state index is -0.242. The van der Waals surface area contributed by atoms with Crippen molar-refractivity contribution in [3.63, 3.8) is 0 Å². The number of nitrogens with one attached hydrogen (secondary N) is 2. The number of hydrogen-bond acceptors (Lipinski definition) is 2. The Hall–Kier alpha value is -1.62. The monoisotopic (exact) mass is 224 g/mol. The van der Waals surface area contributed by atoms with Gasteiger partial charge in [-0.1, -0.05) is 19.1 Å². The Bertz CT molecular complexity index is 334. The predicted molar refractivity (Wildman–Crippen MR) is 63.2 cm³/mol. The van der Waals surface area contributed by atoms with Crippen LogP contribution in [0.4, 0.5) is 4.39 Å². The summed E-state index contributed by atoms with van der Waals surface area (Å²) in [4.78, 5) is 4.23. The topological polar surface area (TPSA) is 62.4 Å². The van der Waals surface area contributed by atoms with E-state index in [1.165, 1.54) is 12.1 Å². The standard InChI is InChI=1S/C11H17FN4/c1-2-7-14-11(16-13)15-8-9-3-5-10(12)6-4-9/h3-6H,2,7-8,13H2,1H3,(H2,14,15,16). The second-order valence-corrected chi connectivity index (χ2v) is 3.36. The van der Waals surface area contributed by atoms with Crippen molar-refractivity contribution < 1.29 is 4.39 Å². The molecule has 0 radical (unpaired) electrons. The molecule has 1 aromatic carbocycles. The normalized spacial score (nSPS) is 11.3. The molecule has 0 atom stereocenters. The van der Waals surface area contributed by atoms with Crippen LogP contribution in [-0.2, 0) is 6.54 Å². The molecule has 0 aromatic heterocycles. The third-order valence-electron chi connectivity index (χ3n) is 2.01. The molecule has 88 valence electrons. The number of nitrogens with zero attached hydrogens (tertiary/aromatic N) is 1. The minimum absolute atomic E-state index is 0.242. The highest BCUT2D eigenvalue weighted by Gasteiger charge is 1.95. The molecule has 0 bridgehead atoms. The lowest BCUT2D eigenvalue weighted by Gasteiger charge is -2.07. The highest BCUT2D eigenvalue weighted by molar-refractivity contribution is 5.79. The van der Waals surface area contributed by atoms with Gasteiger partial charge in [-0.2, -0.15) is 0 Å². The van der Waals surface area contributed by atoms with E-state index in [9.17, 15) is 4.39 Å². The summed E-state index contributed by atoms with van der Waals surface area (Å²) < 4.78 is 12.6. The molecule has 0 saturated heterocycles. The quantitative estimate of drug-likeness (QED) is 0.311. The van der Waals surface area contributed by atoms with Crippen molar-refractivity contribution in [3.05, 3.63) is 35.6 Å². The first-order valence-corrected chi connectivity index (χ1v) is 5.25. The molecule has 0 aliphatic heterocycles. The van der Waals surface area contributed by atoms with Gasteiger partial charge in [0.05, 0.1) is 6.54 Å². The summed E-state index contributed by atoms with van der Waals surface area (Å²) in [5.41, 5.74) is 3.42. The van der Waals surface area contributed by atoms with Gasteiger partial charge in [-0.05, 0) is 24.1 Å². The summed E-state index contributed by atoms with van der Waals surface area (Å²) in [7, 11) is 0. The van der Waals surface area contributed by atoms with Gasteiger partial charge in [0.15, 0.2) is 0 Å². The number of nitrogens with two attached hydrogens (primary N) is 1. The second kappa shape index (κ2) is 6.79. The first-order valence-electron chi connectivity index (χ1n) is 5.25. The fourth-order valence-corrected chi connectivity index (χ4v) is 1.16. The summed E-state index contributed by atoms with van der Waals surface area (Å²) in [6.07, 6.45) is 0.997. The Morgan fingerprint density at radius 2 is 2.06 bits per heavy atom. The summed E-state index contributed by atoms with van der Waals surface area (Å²) in [6.45, 7) is 3.34. The van der Waals surface area contributed by atoms with Crippen LogP contribution in [0.3, 0.4) is 0 Å². The smallest absolute Gasteiger partial charge is 0.206 e. The number of halogens is 1. The highest BCUT2D eigenvalue weighted by atomic mass is 19.1. The molecule has 4 N–H and O–H groups in total. The van der Waals surface area contributed by atoms with E-state index in [-0.39, 0.29) is 5.82 Å². The number of guanidine groups is 1. The number of aliphatic imine (C=N–C) groups is 1. The molecule has 1 aromatic rings. The van der Waals surface area contributed by atoms with Crippen molar-refractivity contribution in [1.29, 1.82) is 0 Å². The molecule has 4 nitrogen and oxygen atoms in total. The third kappa shape index (κ3) is 4.27. The molecule has 1 rings (SSSR count). The number of rotatable bonds is 4. The Morgan fingerprint density at radius 1 is 1.38 bits per heavy atom. The number of hydrogen-bond donors (Lipinski definition) is 3. The van der Waals surface area contributed by atoms with Crippen LogP contribution in [0.1, 0.15) is 18.9 Å². The van der Waals surface area contributed by atoms with Gasteiger partial charge in [-0.25, -0.2) is 15.2 Å². The van der Waals surface area contributed by atoms with Crippen LogP contribution in [0.5, 0.6) is 0 Å². The summed E-state index contributed by atoms with van der Waals surface area (Å²) in [6, 6.07) is 6.24. The first-order chi connectivity index (χ1) is 7.76. The molecular weight excluding hydrogens is 207 g/mol. The van der Waals surface area contributed by atoms with Crippen molar-refractivity contribution in [2.75, 3.05) is 6.54 Å². The van der Waals surface area contributed by atoms with E-state index in [1.807, 2.05) is 0 Å². The average molecular weight is 224 g/mol. The summed E-state index contributed by atoms with van der Waals surface area (Å²) >= 11 is 0. The lowest BCUT2D eigenvalue weighted by Crippen LogP contribution is -2.41. The van der Waals surface area contributed by atoms with Gasteiger partial charge in [0, 0.05) is 6.54 Å². The zero-order valence-corrected chi connectivity index (χ0v) is 9.33. The van der Waals surface area contributed by atoms with Crippen LogP contribution in [0, 0.1) is 5.82 Å². The van der Waals surface area contributed by atoms with E-state index in [1.54, 1.807) is 12.1 Å². The Labute approximate surface area is 94.7 Å². The Balaban J connectivity index is 2.52. The van der Waals surface area contributed by atoms with Crippen LogP contribution < -0.4 is 16.6 Å². The van der Waals surface area contributed by atoms with Crippen LogP contribution in [-0.4, -0.2) is 12.5 Å². The van der Waals surface area contributed by atoms with Gasteiger partial charge < -0.3 is 5.32 Å². The predicted octanol–water partition coefficient (Wildman–Crippen LogP) is 1.14. The zero-order valence-electron chi connectivity index (χ0n) is 9.33. The Kier molecular flexibility index (Phi) is 5.28. The van der Waals surface area contributed by atoms with Gasteiger partial charge in [0.25, 0.3) is 0 Å². The lowest BCUT2D eigenvalue weighted by molar-refractivity contribution is 0.627. The van der Waals surface area contributed by atoms with E-state index >= 15 is 0 Å².